The third-order valence-electron chi connectivity index (χ3n) is 3.41. The molecule has 1 aliphatic rings. The fourth-order valence-electron chi connectivity index (χ4n) is 2.27. The number of carbonyl (C=O) groups excluding carboxylic acids is 4. The minimum atomic E-state index is -1.02. The number of esters is 1. The van der Waals surface area contributed by atoms with Crippen LogP contribution in [0, 0.1) is 12.8 Å². The number of anilines is 1. The predicted molar refractivity (Wildman–Crippen MR) is 80.3 cm³/mol. The van der Waals surface area contributed by atoms with Gasteiger partial charge < -0.3 is 15.4 Å². The summed E-state index contributed by atoms with van der Waals surface area (Å²) in [6.07, 6.45) is 0.0180. The van der Waals surface area contributed by atoms with Crippen LogP contribution in [-0.2, 0) is 19.1 Å². The Balaban J connectivity index is 1.91. The maximum absolute atomic E-state index is 12.0. The maximum Gasteiger partial charge on any atom is 0.318 e. The topological polar surface area (TPSA) is 119 Å². The lowest BCUT2D eigenvalue weighted by molar-refractivity contribution is -0.152. The number of nitrogens with two attached hydrogens (primary N) is 1. The van der Waals surface area contributed by atoms with Gasteiger partial charge in [-0.15, -0.1) is 0 Å². The first kappa shape index (κ1) is 16.5. The summed E-state index contributed by atoms with van der Waals surface area (Å²) >= 11 is 0. The second-order valence-corrected chi connectivity index (χ2v) is 5.26. The van der Waals surface area contributed by atoms with E-state index >= 15 is 0 Å². The van der Waals surface area contributed by atoms with Gasteiger partial charge in [-0.1, -0.05) is 17.7 Å². The number of rotatable bonds is 4. The van der Waals surface area contributed by atoms with Crippen molar-refractivity contribution in [3.05, 3.63) is 29.8 Å². The van der Waals surface area contributed by atoms with Crippen LogP contribution in [0.5, 0.6) is 0 Å². The van der Waals surface area contributed by atoms with Crippen molar-refractivity contribution in [1.29, 1.82) is 0 Å². The molecule has 0 spiro atoms. The molecule has 0 saturated carbocycles. The molecule has 1 aromatic carbocycles. The van der Waals surface area contributed by atoms with E-state index in [1.165, 1.54) is 4.90 Å². The van der Waals surface area contributed by atoms with Crippen LogP contribution in [-0.4, -0.2) is 37.0 Å². The van der Waals surface area contributed by atoms with Gasteiger partial charge in [0, 0.05) is 18.7 Å². The fraction of sp³-hybridized carbons (Fsp3) is 0.333. The van der Waals surface area contributed by atoms with Crippen molar-refractivity contribution >= 4 is 29.5 Å². The summed E-state index contributed by atoms with van der Waals surface area (Å²) in [4.78, 5) is 47.1. The van der Waals surface area contributed by atoms with Crippen LogP contribution in [0.4, 0.5) is 10.5 Å². The van der Waals surface area contributed by atoms with E-state index in [-0.39, 0.29) is 18.9 Å². The molecule has 0 aliphatic carbocycles. The largest absolute Gasteiger partial charge is 0.455 e. The van der Waals surface area contributed by atoms with Crippen LogP contribution in [0.2, 0.25) is 0 Å². The number of primary amides is 1. The zero-order valence-electron chi connectivity index (χ0n) is 12.6. The minimum absolute atomic E-state index is 0.0180. The highest BCUT2D eigenvalue weighted by Crippen LogP contribution is 2.26. The van der Waals surface area contributed by atoms with Gasteiger partial charge in [-0.2, -0.15) is 0 Å². The number of hydrogen-bond acceptors (Lipinski definition) is 5. The molecule has 1 saturated heterocycles. The first-order chi connectivity index (χ1) is 10.9. The first-order valence-electron chi connectivity index (χ1n) is 7.00. The molecular formula is C15H17N3O5. The van der Waals surface area contributed by atoms with Gasteiger partial charge in [0.25, 0.3) is 5.91 Å². The molecule has 1 aromatic rings. The van der Waals surface area contributed by atoms with Gasteiger partial charge in [-0.3, -0.25) is 19.7 Å². The van der Waals surface area contributed by atoms with Crippen molar-refractivity contribution < 1.29 is 23.9 Å². The quantitative estimate of drug-likeness (QED) is 0.762. The summed E-state index contributed by atoms with van der Waals surface area (Å²) in [6.45, 7) is 1.52. The summed E-state index contributed by atoms with van der Waals surface area (Å²) in [5.41, 5.74) is 6.55. The number of ether oxygens (including phenoxy) is 1. The number of imide groups is 1. The lowest BCUT2D eigenvalue weighted by atomic mass is 10.1. The van der Waals surface area contributed by atoms with Gasteiger partial charge >= 0.3 is 12.0 Å². The maximum atomic E-state index is 12.0. The minimum Gasteiger partial charge on any atom is -0.455 e. The molecule has 23 heavy (non-hydrogen) atoms. The van der Waals surface area contributed by atoms with Gasteiger partial charge in [0.1, 0.15) is 0 Å². The van der Waals surface area contributed by atoms with Crippen LogP contribution in [0.25, 0.3) is 0 Å². The van der Waals surface area contributed by atoms with Gasteiger partial charge in [0.05, 0.1) is 5.92 Å². The summed E-state index contributed by atoms with van der Waals surface area (Å²) < 4.78 is 4.80. The van der Waals surface area contributed by atoms with Gasteiger partial charge in [-0.25, -0.2) is 4.79 Å². The van der Waals surface area contributed by atoms with E-state index in [0.717, 1.165) is 5.56 Å². The number of carbonyl (C=O) groups is 4. The molecule has 0 radical (unpaired) electrons. The Morgan fingerprint density at radius 2 is 1.96 bits per heavy atom. The molecule has 4 amide bonds. The number of hydrogen-bond donors (Lipinski definition) is 2. The normalized spacial score (nSPS) is 17.0. The summed E-state index contributed by atoms with van der Waals surface area (Å²) in [7, 11) is 0. The van der Waals surface area contributed by atoms with Crippen molar-refractivity contribution in [2.45, 2.75) is 13.3 Å². The van der Waals surface area contributed by atoms with E-state index in [4.69, 9.17) is 10.5 Å². The number of urea groups is 1. The molecule has 1 atom stereocenters. The second kappa shape index (κ2) is 6.91. The van der Waals surface area contributed by atoms with E-state index in [1.54, 1.807) is 17.4 Å². The summed E-state index contributed by atoms with van der Waals surface area (Å²) in [5.74, 6) is -2.30. The number of nitrogens with zero attached hydrogens (tertiary/aromatic N) is 1. The average molecular weight is 319 g/mol. The predicted octanol–water partition coefficient (Wildman–Crippen LogP) is 0.0860. The van der Waals surface area contributed by atoms with Crippen molar-refractivity contribution in [1.82, 2.24) is 5.32 Å². The average Bonchev–Trinajstić information content (AvgIpc) is 2.87. The lowest BCUT2D eigenvalue weighted by Crippen LogP contribution is -2.38. The van der Waals surface area contributed by atoms with E-state index in [1.807, 2.05) is 19.1 Å². The summed E-state index contributed by atoms with van der Waals surface area (Å²) in [5, 5.41) is 1.78. The monoisotopic (exact) mass is 319 g/mol. The van der Waals surface area contributed by atoms with E-state index in [2.05, 4.69) is 0 Å². The molecule has 1 aliphatic heterocycles. The SMILES string of the molecule is Cc1ccc(N2CC(C(=O)OCC(=O)NC(N)=O)CC2=O)cc1. The standard InChI is InChI=1S/C15H17N3O5/c1-9-2-4-11(5-3-9)18-7-10(6-13(18)20)14(21)23-8-12(19)17-15(16)22/h2-5,10H,6-8H2,1H3,(H3,16,17,19,22). The van der Waals surface area contributed by atoms with Crippen LogP contribution in [0.15, 0.2) is 24.3 Å². The molecule has 122 valence electrons. The fourth-order valence-corrected chi connectivity index (χ4v) is 2.27. The third-order valence-corrected chi connectivity index (χ3v) is 3.41. The third kappa shape index (κ3) is 4.29. The highest BCUT2D eigenvalue weighted by Gasteiger charge is 2.36. The number of benzene rings is 1. The molecule has 1 unspecified atom stereocenters. The molecule has 1 fully saturated rings. The Morgan fingerprint density at radius 3 is 2.57 bits per heavy atom. The molecule has 0 bridgehead atoms. The Hall–Kier alpha value is -2.90. The molecule has 3 N–H and O–H groups in total. The van der Waals surface area contributed by atoms with Gasteiger partial charge in [-0.05, 0) is 19.1 Å². The van der Waals surface area contributed by atoms with E-state index in [9.17, 15) is 19.2 Å². The molecular weight excluding hydrogens is 302 g/mol. The Labute approximate surface area is 132 Å². The number of aryl methyl sites for hydroxylation is 1. The van der Waals surface area contributed by atoms with Crippen LogP contribution >= 0.6 is 0 Å². The molecule has 0 aromatic heterocycles. The van der Waals surface area contributed by atoms with Crippen LogP contribution in [0.3, 0.4) is 0 Å². The molecule has 8 heteroatoms. The van der Waals surface area contributed by atoms with Crippen molar-refractivity contribution in [2.24, 2.45) is 11.7 Å². The smallest absolute Gasteiger partial charge is 0.318 e. The van der Waals surface area contributed by atoms with Gasteiger partial charge in [0.15, 0.2) is 6.61 Å². The van der Waals surface area contributed by atoms with Crippen molar-refractivity contribution in [3.8, 4) is 0 Å². The zero-order valence-corrected chi connectivity index (χ0v) is 12.6. The highest BCUT2D eigenvalue weighted by molar-refractivity contribution is 6.00. The van der Waals surface area contributed by atoms with Crippen LogP contribution in [0.1, 0.15) is 12.0 Å². The molecule has 8 nitrogen and oxygen atoms in total. The Kier molecular flexibility index (Phi) is 4.95. The van der Waals surface area contributed by atoms with Crippen molar-refractivity contribution in [3.63, 3.8) is 0 Å². The Morgan fingerprint density at radius 1 is 1.30 bits per heavy atom. The van der Waals surface area contributed by atoms with E-state index in [0.29, 0.717) is 5.69 Å². The number of amides is 4. The lowest BCUT2D eigenvalue weighted by Gasteiger charge is -2.16. The second-order valence-electron chi connectivity index (χ2n) is 5.26. The van der Waals surface area contributed by atoms with Crippen molar-refractivity contribution in [2.75, 3.05) is 18.1 Å². The highest BCUT2D eigenvalue weighted by atomic mass is 16.5. The van der Waals surface area contributed by atoms with E-state index < -0.39 is 30.4 Å². The Bertz CT molecular complexity index is 641. The zero-order chi connectivity index (χ0) is 17.0. The molecule has 2 rings (SSSR count). The molecule has 1 heterocycles. The first-order valence-corrected chi connectivity index (χ1v) is 7.00. The van der Waals surface area contributed by atoms with Gasteiger partial charge in [0.2, 0.25) is 5.91 Å². The van der Waals surface area contributed by atoms with Crippen LogP contribution < -0.4 is 16.0 Å². The summed E-state index contributed by atoms with van der Waals surface area (Å²) in [6, 6.07) is 6.35. The number of nitrogens with one attached hydrogen (secondary N) is 1.